The molecule has 7 rings (SSSR count). The van der Waals surface area contributed by atoms with Crippen molar-refractivity contribution in [1.29, 1.82) is 0 Å². The van der Waals surface area contributed by atoms with E-state index >= 15 is 0 Å². The van der Waals surface area contributed by atoms with Crippen LogP contribution in [0.3, 0.4) is 0 Å². The summed E-state index contributed by atoms with van der Waals surface area (Å²) in [4.78, 5) is 16.2. The summed E-state index contributed by atoms with van der Waals surface area (Å²) in [6.07, 6.45) is 9.25. The highest BCUT2D eigenvalue weighted by molar-refractivity contribution is 8.26. The predicted octanol–water partition coefficient (Wildman–Crippen LogP) is 5.61. The van der Waals surface area contributed by atoms with Crippen molar-refractivity contribution in [3.63, 3.8) is 0 Å². The number of aryl methyl sites for hydroxylation is 1. The third-order valence-corrected chi connectivity index (χ3v) is 9.81. The van der Waals surface area contributed by atoms with Crippen LogP contribution < -0.4 is 4.74 Å². The summed E-state index contributed by atoms with van der Waals surface area (Å²) in [5, 5.41) is 19.9. The number of aromatic hydroxyl groups is 1. The molecule has 36 heavy (non-hydrogen) atoms. The monoisotopic (exact) mass is 525 g/mol. The van der Waals surface area contributed by atoms with E-state index in [9.17, 15) is 15.0 Å². The lowest BCUT2D eigenvalue weighted by Gasteiger charge is -2.56. The number of furan rings is 1. The van der Waals surface area contributed by atoms with Gasteiger partial charge >= 0.3 is 0 Å². The Kier molecular flexibility index (Phi) is 6.38. The fraction of sp³-hybridized carbons (Fsp3) is 0.500. The largest absolute Gasteiger partial charge is 0.507 e. The molecule has 4 saturated carbocycles. The number of nitrogens with zero attached hydrogens (tertiary/aromatic N) is 1. The van der Waals surface area contributed by atoms with Crippen molar-refractivity contribution in [2.75, 3.05) is 13.7 Å². The fourth-order valence-electron chi connectivity index (χ4n) is 7.18. The quantitative estimate of drug-likeness (QED) is 0.359. The highest BCUT2D eigenvalue weighted by atomic mass is 32.2. The number of hydrogen-bond acceptors (Lipinski definition) is 7. The Balaban J connectivity index is 1.30. The molecule has 1 saturated heterocycles. The first-order valence-corrected chi connectivity index (χ1v) is 14.1. The summed E-state index contributed by atoms with van der Waals surface area (Å²) in [7, 11) is 1.55. The maximum atomic E-state index is 13.7. The maximum Gasteiger partial charge on any atom is 0.266 e. The van der Waals surface area contributed by atoms with Crippen molar-refractivity contribution in [2.45, 2.75) is 51.0 Å². The molecule has 0 radical (unpaired) electrons. The van der Waals surface area contributed by atoms with Gasteiger partial charge in [-0.25, -0.2) is 0 Å². The molecule has 5 fully saturated rings. The van der Waals surface area contributed by atoms with Crippen LogP contribution in [0.15, 0.2) is 33.6 Å². The number of phenols is 1. The van der Waals surface area contributed by atoms with E-state index in [2.05, 4.69) is 0 Å². The third-order valence-electron chi connectivity index (χ3n) is 8.48. The Labute approximate surface area is 220 Å². The van der Waals surface area contributed by atoms with E-state index in [1.807, 2.05) is 11.0 Å². The Morgan fingerprint density at radius 2 is 1.89 bits per heavy atom. The number of ether oxygens (including phenoxy) is 1. The lowest BCUT2D eigenvalue weighted by molar-refractivity contribution is -0.130. The van der Waals surface area contributed by atoms with Gasteiger partial charge < -0.3 is 19.4 Å². The predicted molar refractivity (Wildman–Crippen MR) is 144 cm³/mol. The summed E-state index contributed by atoms with van der Waals surface area (Å²) < 4.78 is 12.0. The summed E-state index contributed by atoms with van der Waals surface area (Å²) in [5.74, 6) is 4.47. The first-order chi connectivity index (χ1) is 17.4. The van der Waals surface area contributed by atoms with E-state index in [0.29, 0.717) is 56.7 Å². The first kappa shape index (κ1) is 24.1. The van der Waals surface area contributed by atoms with E-state index in [1.54, 1.807) is 31.4 Å². The number of hydrogen-bond donors (Lipinski definition) is 2. The number of benzene rings is 1. The topological polar surface area (TPSA) is 83.1 Å². The van der Waals surface area contributed by atoms with Crippen LogP contribution in [-0.4, -0.2) is 45.1 Å². The molecule has 8 heteroatoms. The second-order valence-electron chi connectivity index (χ2n) is 10.7. The van der Waals surface area contributed by atoms with Crippen LogP contribution in [0.25, 0.3) is 17.4 Å². The van der Waals surface area contributed by atoms with Gasteiger partial charge in [-0.3, -0.25) is 9.69 Å². The SMILES string of the molecule is COc1ccc(-c2cc(CCCO)c(/C=C3\SC(=S)N(C4C5CC6CC(C5)CC4C6)C3=O)o2)c(O)c1. The van der Waals surface area contributed by atoms with Gasteiger partial charge in [-0.2, -0.15) is 0 Å². The molecule has 2 N–H and O–H groups in total. The highest BCUT2D eigenvalue weighted by Gasteiger charge is 2.53. The van der Waals surface area contributed by atoms with Crippen LogP contribution in [-0.2, 0) is 11.2 Å². The van der Waals surface area contributed by atoms with E-state index in [0.717, 1.165) is 17.4 Å². The number of carbonyl (C=O) groups is 1. The molecule has 4 bridgehead atoms. The standard InChI is InChI=1S/C28H31NO5S2/c1-33-20-4-5-21(22(31)13-20)24-12-17(3-2-6-30)23(34-24)14-25-27(32)29(28(35)36-25)26-18-8-15-7-16(10-18)11-19(26)9-15/h4-5,12-16,18-19,26,30-31H,2-3,6-11H2,1H3/b25-14-. The summed E-state index contributed by atoms with van der Waals surface area (Å²) >= 11 is 7.11. The molecule has 1 amide bonds. The van der Waals surface area contributed by atoms with Crippen LogP contribution in [0.1, 0.15) is 49.8 Å². The van der Waals surface area contributed by atoms with E-state index in [4.69, 9.17) is 21.4 Å². The molecule has 1 aliphatic heterocycles. The molecular weight excluding hydrogens is 494 g/mol. The summed E-state index contributed by atoms with van der Waals surface area (Å²) in [6, 6.07) is 7.16. The number of phenolic OH excluding ortho intramolecular Hbond substituents is 1. The van der Waals surface area contributed by atoms with Gasteiger partial charge in [-0.05, 0) is 92.4 Å². The third kappa shape index (κ3) is 4.17. The number of rotatable bonds is 7. The van der Waals surface area contributed by atoms with Crippen molar-refractivity contribution >= 4 is 40.3 Å². The lowest BCUT2D eigenvalue weighted by Crippen LogP contribution is -2.57. The van der Waals surface area contributed by atoms with Gasteiger partial charge in [0.15, 0.2) is 0 Å². The van der Waals surface area contributed by atoms with Gasteiger partial charge in [0.25, 0.3) is 5.91 Å². The second kappa shape index (κ2) is 9.54. The van der Waals surface area contributed by atoms with E-state index < -0.39 is 0 Å². The van der Waals surface area contributed by atoms with Gasteiger partial charge in [-0.1, -0.05) is 24.0 Å². The van der Waals surface area contributed by atoms with Crippen molar-refractivity contribution in [3.05, 3.63) is 40.5 Å². The number of aliphatic hydroxyl groups excluding tert-OH is 1. The normalized spacial score (nSPS) is 30.1. The van der Waals surface area contributed by atoms with Gasteiger partial charge in [0, 0.05) is 24.8 Å². The Morgan fingerprint density at radius 3 is 2.53 bits per heavy atom. The minimum Gasteiger partial charge on any atom is -0.507 e. The van der Waals surface area contributed by atoms with Crippen molar-refractivity contribution in [1.82, 2.24) is 4.90 Å². The number of thiocarbonyl (C=S) groups is 1. The average molecular weight is 526 g/mol. The summed E-state index contributed by atoms with van der Waals surface area (Å²) in [6.45, 7) is 0.0578. The molecule has 2 aromatic rings. The number of aliphatic hydroxyl groups is 1. The van der Waals surface area contributed by atoms with Gasteiger partial charge in [0.1, 0.15) is 27.3 Å². The smallest absolute Gasteiger partial charge is 0.266 e. The molecule has 4 aliphatic carbocycles. The molecule has 6 nitrogen and oxygen atoms in total. The average Bonchev–Trinajstić information content (AvgIpc) is 3.37. The Morgan fingerprint density at radius 1 is 1.17 bits per heavy atom. The molecule has 2 heterocycles. The van der Waals surface area contributed by atoms with Crippen molar-refractivity contribution in [3.8, 4) is 22.8 Å². The lowest BCUT2D eigenvalue weighted by atomic mass is 9.54. The van der Waals surface area contributed by atoms with Crippen LogP contribution >= 0.6 is 24.0 Å². The van der Waals surface area contributed by atoms with Crippen LogP contribution in [0.4, 0.5) is 0 Å². The van der Waals surface area contributed by atoms with Gasteiger partial charge in [0.05, 0.1) is 17.6 Å². The zero-order valence-electron chi connectivity index (χ0n) is 20.3. The van der Waals surface area contributed by atoms with Crippen molar-refractivity contribution < 1.29 is 24.2 Å². The number of carbonyl (C=O) groups excluding carboxylic acids is 1. The molecule has 5 aliphatic rings. The zero-order chi connectivity index (χ0) is 25.0. The van der Waals surface area contributed by atoms with Crippen LogP contribution in [0.5, 0.6) is 11.5 Å². The van der Waals surface area contributed by atoms with E-state index in [-0.39, 0.29) is 24.3 Å². The maximum absolute atomic E-state index is 13.7. The second-order valence-corrected chi connectivity index (χ2v) is 12.4. The number of amides is 1. The minimum atomic E-state index is -0.0131. The molecule has 0 spiro atoms. The van der Waals surface area contributed by atoms with Crippen LogP contribution in [0.2, 0.25) is 0 Å². The molecule has 1 aromatic carbocycles. The van der Waals surface area contributed by atoms with Crippen molar-refractivity contribution in [2.24, 2.45) is 23.7 Å². The summed E-state index contributed by atoms with van der Waals surface area (Å²) in [5.41, 5.74) is 1.43. The number of thioether (sulfide) groups is 1. The molecule has 0 atom stereocenters. The highest BCUT2D eigenvalue weighted by Crippen LogP contribution is 2.56. The van der Waals surface area contributed by atoms with Gasteiger partial charge in [0.2, 0.25) is 0 Å². The zero-order valence-corrected chi connectivity index (χ0v) is 21.9. The first-order valence-electron chi connectivity index (χ1n) is 12.8. The van der Waals surface area contributed by atoms with E-state index in [1.165, 1.54) is 43.9 Å². The molecule has 190 valence electrons. The Bertz CT molecular complexity index is 1210. The minimum absolute atomic E-state index is 0.0131. The molecule has 1 aromatic heterocycles. The Hall–Kier alpha value is -2.29. The number of methoxy groups -OCH3 is 1. The van der Waals surface area contributed by atoms with Crippen LogP contribution in [0, 0.1) is 23.7 Å². The fourth-order valence-corrected chi connectivity index (χ4v) is 8.50. The molecule has 0 unspecified atom stereocenters. The van der Waals surface area contributed by atoms with Gasteiger partial charge in [-0.15, -0.1) is 0 Å². The molecular formula is C28H31NO5S2.